The lowest BCUT2D eigenvalue weighted by molar-refractivity contribution is -0.139. The van der Waals surface area contributed by atoms with Crippen molar-refractivity contribution in [2.75, 3.05) is 6.61 Å². The number of nitrogens with one attached hydrogen (secondary N) is 1. The van der Waals surface area contributed by atoms with E-state index in [0.717, 1.165) is 21.6 Å². The highest BCUT2D eigenvalue weighted by atomic mass is 32.2. The van der Waals surface area contributed by atoms with Crippen molar-refractivity contribution in [3.8, 4) is 5.75 Å². The van der Waals surface area contributed by atoms with Crippen LogP contribution in [0.15, 0.2) is 18.2 Å². The summed E-state index contributed by atoms with van der Waals surface area (Å²) in [4.78, 5) is 23.5. The Bertz CT molecular complexity index is 907. The second kappa shape index (κ2) is 9.39. The molecule has 1 amide bonds. The predicted molar refractivity (Wildman–Crippen MR) is 122 cm³/mol. The molecule has 0 saturated heterocycles. The summed E-state index contributed by atoms with van der Waals surface area (Å²) >= 11 is 5.23. The standard InChI is InChI=1S/C21H26NO4S2/c1-12(2)16-8-15(7-6-14(5)28-11-18(23)22-21(28)27)9-17(13(3)4)20(16)26-10-19(24)25/h6-9,11-13H,10H2,1-5H3,(H,24,25)(H,22,23,27)/q-1. The molecule has 0 unspecified atom stereocenters. The Kier molecular flexibility index (Phi) is 7.43. The summed E-state index contributed by atoms with van der Waals surface area (Å²) in [6, 6.07) is 4.06. The molecule has 0 spiro atoms. The van der Waals surface area contributed by atoms with Gasteiger partial charge in [-0.1, -0.05) is 59.0 Å². The van der Waals surface area contributed by atoms with Crippen LogP contribution in [0.5, 0.6) is 5.75 Å². The zero-order valence-electron chi connectivity index (χ0n) is 16.7. The molecule has 28 heavy (non-hydrogen) atoms. The molecule has 152 valence electrons. The lowest BCUT2D eigenvalue weighted by Gasteiger charge is -2.20. The fraction of sp³-hybridized carbons (Fsp3) is 0.381. The molecule has 5 nitrogen and oxygen atoms in total. The maximum Gasteiger partial charge on any atom is 0.341 e. The largest absolute Gasteiger partial charge is 0.481 e. The van der Waals surface area contributed by atoms with Crippen LogP contribution in [-0.2, 0) is 19.7 Å². The van der Waals surface area contributed by atoms with Crippen LogP contribution in [0.3, 0.4) is 0 Å². The minimum atomic E-state index is -0.994. The summed E-state index contributed by atoms with van der Waals surface area (Å²) < 4.78 is 6.20. The van der Waals surface area contributed by atoms with Crippen LogP contribution >= 0.6 is 12.2 Å². The molecule has 0 atom stereocenters. The zero-order valence-corrected chi connectivity index (χ0v) is 18.4. The molecule has 2 rings (SSSR count). The maximum atomic E-state index is 11.5. The monoisotopic (exact) mass is 420 g/mol. The van der Waals surface area contributed by atoms with Gasteiger partial charge in [0.25, 0.3) is 0 Å². The third kappa shape index (κ3) is 5.45. The molecule has 1 aliphatic rings. The van der Waals surface area contributed by atoms with Crippen LogP contribution < -0.4 is 10.1 Å². The van der Waals surface area contributed by atoms with Crippen molar-refractivity contribution >= 4 is 54.8 Å². The van der Waals surface area contributed by atoms with Gasteiger partial charge in [0.15, 0.2) is 6.61 Å². The van der Waals surface area contributed by atoms with Gasteiger partial charge in [-0.15, -0.1) is 5.37 Å². The first-order chi connectivity index (χ1) is 13.1. The number of amides is 1. The van der Waals surface area contributed by atoms with Crippen molar-refractivity contribution in [1.82, 2.24) is 5.32 Å². The van der Waals surface area contributed by atoms with Gasteiger partial charge in [0.2, 0.25) is 5.91 Å². The topological polar surface area (TPSA) is 75.6 Å². The predicted octanol–water partition coefficient (Wildman–Crippen LogP) is 3.44. The number of benzene rings is 1. The van der Waals surface area contributed by atoms with Crippen molar-refractivity contribution in [1.29, 1.82) is 0 Å². The maximum absolute atomic E-state index is 11.5. The average molecular weight is 421 g/mol. The summed E-state index contributed by atoms with van der Waals surface area (Å²) in [6.45, 7) is 9.83. The molecular weight excluding hydrogens is 394 g/mol. The Morgan fingerprint density at radius 3 is 2.25 bits per heavy atom. The summed E-state index contributed by atoms with van der Waals surface area (Å²) in [5.41, 5.74) is 2.96. The van der Waals surface area contributed by atoms with Crippen LogP contribution in [0, 0.1) is 0 Å². The number of hydrogen-bond donors (Lipinski definition) is 2. The van der Waals surface area contributed by atoms with Crippen LogP contribution in [0.2, 0.25) is 0 Å². The average Bonchev–Trinajstić information content (AvgIpc) is 2.95. The lowest BCUT2D eigenvalue weighted by Crippen LogP contribution is -2.21. The van der Waals surface area contributed by atoms with Crippen LogP contribution in [0.1, 0.15) is 63.1 Å². The summed E-state index contributed by atoms with van der Waals surface area (Å²) in [5, 5.41) is 13.3. The van der Waals surface area contributed by atoms with Crippen LogP contribution in [0.25, 0.3) is 6.08 Å². The first-order valence-corrected chi connectivity index (χ1v) is 10.8. The quantitative estimate of drug-likeness (QED) is 0.402. The Hall–Kier alpha value is -2.12. The molecule has 7 heteroatoms. The van der Waals surface area contributed by atoms with Crippen molar-refractivity contribution in [2.24, 2.45) is 0 Å². The molecule has 1 aromatic rings. The van der Waals surface area contributed by atoms with E-state index in [-0.39, 0.29) is 24.3 Å². The van der Waals surface area contributed by atoms with E-state index in [0.29, 0.717) is 10.1 Å². The molecule has 0 fully saturated rings. The van der Waals surface area contributed by atoms with Crippen LogP contribution in [-0.4, -0.2) is 38.1 Å². The highest BCUT2D eigenvalue weighted by Crippen LogP contribution is 2.36. The van der Waals surface area contributed by atoms with E-state index in [9.17, 15) is 9.59 Å². The van der Waals surface area contributed by atoms with Gasteiger partial charge in [-0.25, -0.2) is 4.79 Å². The molecule has 1 aliphatic heterocycles. The number of rotatable bonds is 7. The van der Waals surface area contributed by atoms with Gasteiger partial charge >= 0.3 is 5.97 Å². The summed E-state index contributed by atoms with van der Waals surface area (Å²) in [7, 11) is -0.476. The molecule has 0 radical (unpaired) electrons. The molecule has 0 aliphatic carbocycles. The van der Waals surface area contributed by atoms with E-state index in [1.54, 1.807) is 5.37 Å². The molecular formula is C21H26NO4S2-. The van der Waals surface area contributed by atoms with Gasteiger partial charge < -0.3 is 25.2 Å². The SMILES string of the molecule is CC(C=Cc1cc(C(C)C)c(OCC(=O)O)c(C(C)C)c1)=[S-]1=CC(=O)NC1=S. The van der Waals surface area contributed by atoms with Gasteiger partial charge in [-0.2, -0.15) is 4.86 Å². The van der Waals surface area contributed by atoms with E-state index in [1.807, 2.05) is 31.2 Å². The second-order valence-electron chi connectivity index (χ2n) is 7.20. The highest BCUT2D eigenvalue weighted by molar-refractivity contribution is 8.19. The van der Waals surface area contributed by atoms with Gasteiger partial charge in [0.05, 0.1) is 0 Å². The first kappa shape index (κ1) is 22.2. The number of carboxylic acid groups (broad SMARTS) is 1. The number of carbonyl (C=O) groups excluding carboxylic acids is 1. The Balaban J connectivity index is 2.49. The number of aliphatic carboxylic acids is 1. The number of carboxylic acids is 1. The van der Waals surface area contributed by atoms with E-state index >= 15 is 0 Å². The number of carbonyl (C=O) groups is 2. The van der Waals surface area contributed by atoms with Crippen LogP contribution in [0.4, 0.5) is 0 Å². The fourth-order valence-electron chi connectivity index (χ4n) is 2.82. The molecule has 0 saturated carbocycles. The molecule has 0 aromatic heterocycles. The minimum Gasteiger partial charge on any atom is -0.481 e. The van der Waals surface area contributed by atoms with E-state index < -0.39 is 16.0 Å². The number of thiocarbonyl (C=S) groups is 1. The second-order valence-corrected chi connectivity index (χ2v) is 9.83. The van der Waals surface area contributed by atoms with Gasteiger partial charge in [-0.3, -0.25) is 4.79 Å². The Morgan fingerprint density at radius 2 is 1.82 bits per heavy atom. The summed E-state index contributed by atoms with van der Waals surface area (Å²) in [6.07, 6.45) is 3.98. The van der Waals surface area contributed by atoms with Crippen molar-refractivity contribution in [2.45, 2.75) is 46.5 Å². The normalized spacial score (nSPS) is 17.2. The Morgan fingerprint density at radius 1 is 1.25 bits per heavy atom. The fourth-order valence-corrected chi connectivity index (χ4v) is 4.75. The minimum absolute atomic E-state index is 0.148. The molecule has 1 heterocycles. The molecule has 2 N–H and O–H groups in total. The molecule has 1 aromatic carbocycles. The third-order valence-corrected chi connectivity index (χ3v) is 6.68. The van der Waals surface area contributed by atoms with Gasteiger partial charge in [0, 0.05) is 0 Å². The number of ether oxygens (including phenoxy) is 1. The summed E-state index contributed by atoms with van der Waals surface area (Å²) in [5.74, 6) is -0.123. The van der Waals surface area contributed by atoms with Crippen molar-refractivity contribution < 1.29 is 19.4 Å². The van der Waals surface area contributed by atoms with Gasteiger partial charge in [-0.05, 0) is 45.0 Å². The number of allylic oxidation sites excluding steroid dienone is 1. The third-order valence-electron chi connectivity index (χ3n) is 4.26. The Labute approximate surface area is 173 Å². The van der Waals surface area contributed by atoms with Crippen molar-refractivity contribution in [3.05, 3.63) is 34.9 Å². The smallest absolute Gasteiger partial charge is 0.341 e. The van der Waals surface area contributed by atoms with E-state index in [1.165, 1.54) is 0 Å². The van der Waals surface area contributed by atoms with E-state index in [2.05, 4.69) is 33.0 Å². The number of hydrogen-bond acceptors (Lipinski definition) is 5. The molecule has 0 bridgehead atoms. The van der Waals surface area contributed by atoms with E-state index in [4.69, 9.17) is 22.1 Å². The highest BCUT2D eigenvalue weighted by Gasteiger charge is 2.17. The van der Waals surface area contributed by atoms with Crippen molar-refractivity contribution in [3.63, 3.8) is 0 Å². The van der Waals surface area contributed by atoms with Gasteiger partial charge in [0.1, 0.15) is 5.75 Å². The zero-order chi connectivity index (χ0) is 21.0. The lowest BCUT2D eigenvalue weighted by atomic mass is 9.91. The first-order valence-electron chi connectivity index (χ1n) is 9.07.